The minimum Gasteiger partial charge on any atom is -0.382 e. The minimum absolute atomic E-state index is 0.0715. The van der Waals surface area contributed by atoms with E-state index in [0.717, 1.165) is 5.56 Å². The Morgan fingerprint density at radius 2 is 2.14 bits per heavy atom. The number of carbonyl (C=O) groups is 1. The molecule has 0 radical (unpaired) electrons. The smallest absolute Gasteiger partial charge is 0.227 e. The van der Waals surface area contributed by atoms with Gasteiger partial charge in [0.15, 0.2) is 0 Å². The maximum absolute atomic E-state index is 12.5. The van der Waals surface area contributed by atoms with Crippen LogP contribution in [0.15, 0.2) is 24.3 Å². The molecule has 1 amide bonds. The number of benzene rings is 1. The van der Waals surface area contributed by atoms with Gasteiger partial charge in [-0.25, -0.2) is 0 Å². The molecule has 1 aliphatic rings. The van der Waals surface area contributed by atoms with Gasteiger partial charge < -0.3 is 14.4 Å². The van der Waals surface area contributed by atoms with Crippen LogP contribution in [-0.4, -0.2) is 49.3 Å². The van der Waals surface area contributed by atoms with Crippen LogP contribution in [0.25, 0.3) is 0 Å². The van der Waals surface area contributed by atoms with Crippen molar-refractivity contribution in [1.82, 2.24) is 4.90 Å². The number of rotatable bonds is 4. The normalized spacial score (nSPS) is 20.5. The van der Waals surface area contributed by atoms with Gasteiger partial charge in [-0.15, -0.1) is 0 Å². The van der Waals surface area contributed by atoms with Gasteiger partial charge in [0.05, 0.1) is 36.4 Å². The molecule has 0 bridgehead atoms. The predicted molar refractivity (Wildman–Crippen MR) is 82.3 cm³/mol. The molecule has 1 heterocycles. The lowest BCUT2D eigenvalue weighted by atomic mass is 10.0. The quantitative estimate of drug-likeness (QED) is 0.850. The predicted octanol–water partition coefficient (Wildman–Crippen LogP) is 1.75. The number of ether oxygens (including phenoxy) is 2. The zero-order valence-corrected chi connectivity index (χ0v) is 13.3. The molecule has 0 N–H and O–H groups in total. The largest absolute Gasteiger partial charge is 0.382 e. The van der Waals surface area contributed by atoms with Crippen LogP contribution >= 0.6 is 0 Å². The van der Waals surface area contributed by atoms with Gasteiger partial charge >= 0.3 is 0 Å². The zero-order chi connectivity index (χ0) is 16.2. The van der Waals surface area contributed by atoms with Gasteiger partial charge in [0.25, 0.3) is 0 Å². The molecular formula is C17H22N2O3. The van der Waals surface area contributed by atoms with Crippen LogP contribution in [0, 0.1) is 11.3 Å². The number of hydrogen-bond donors (Lipinski definition) is 0. The number of hydrogen-bond acceptors (Lipinski definition) is 4. The summed E-state index contributed by atoms with van der Waals surface area (Å²) in [6.07, 6.45) is 0.236. The van der Waals surface area contributed by atoms with Gasteiger partial charge in [-0.05, 0) is 31.5 Å². The molecule has 0 saturated carbocycles. The van der Waals surface area contributed by atoms with Crippen molar-refractivity contribution < 1.29 is 14.3 Å². The number of morpholine rings is 1. The molecule has 1 aliphatic heterocycles. The topological polar surface area (TPSA) is 62.6 Å². The van der Waals surface area contributed by atoms with Gasteiger partial charge in [-0.1, -0.05) is 12.1 Å². The van der Waals surface area contributed by atoms with Crippen molar-refractivity contribution >= 4 is 5.91 Å². The van der Waals surface area contributed by atoms with Crippen molar-refractivity contribution in [3.05, 3.63) is 35.4 Å². The molecule has 1 saturated heterocycles. The summed E-state index contributed by atoms with van der Waals surface area (Å²) in [6.45, 7) is 5.56. The van der Waals surface area contributed by atoms with Crippen LogP contribution in [0.5, 0.6) is 0 Å². The second-order valence-electron chi connectivity index (χ2n) is 6.21. The first-order valence-corrected chi connectivity index (χ1v) is 7.37. The lowest BCUT2D eigenvalue weighted by Crippen LogP contribution is -2.56. The Hall–Kier alpha value is -1.90. The molecule has 22 heavy (non-hydrogen) atoms. The Bertz CT molecular complexity index is 560. The van der Waals surface area contributed by atoms with Crippen LogP contribution in [0.2, 0.25) is 0 Å². The summed E-state index contributed by atoms with van der Waals surface area (Å²) in [5.74, 6) is 0.0715. The molecular weight excluding hydrogens is 280 g/mol. The monoisotopic (exact) mass is 302 g/mol. The summed E-state index contributed by atoms with van der Waals surface area (Å²) >= 11 is 0. The van der Waals surface area contributed by atoms with E-state index < -0.39 is 0 Å². The molecule has 0 unspecified atom stereocenters. The molecule has 1 aromatic rings. The van der Waals surface area contributed by atoms with Gasteiger partial charge in [0, 0.05) is 20.2 Å². The second kappa shape index (κ2) is 6.91. The van der Waals surface area contributed by atoms with Crippen LogP contribution in [-0.2, 0) is 20.7 Å². The Morgan fingerprint density at radius 3 is 2.73 bits per heavy atom. The molecule has 2 rings (SSSR count). The Labute approximate surface area is 131 Å². The SMILES string of the molecule is COC[C@H]1CN(C(=O)Cc2ccc(C#N)cc2)CC(C)(C)O1. The lowest BCUT2D eigenvalue weighted by molar-refractivity contribution is -0.168. The highest BCUT2D eigenvalue weighted by atomic mass is 16.5. The number of carbonyl (C=O) groups excluding carboxylic acids is 1. The van der Waals surface area contributed by atoms with Crippen molar-refractivity contribution in [3.8, 4) is 6.07 Å². The van der Waals surface area contributed by atoms with E-state index >= 15 is 0 Å². The summed E-state index contributed by atoms with van der Waals surface area (Å²) < 4.78 is 11.1. The van der Waals surface area contributed by atoms with Gasteiger partial charge in [-0.2, -0.15) is 5.26 Å². The molecule has 5 nitrogen and oxygen atoms in total. The van der Waals surface area contributed by atoms with Gasteiger partial charge in [0.2, 0.25) is 5.91 Å². The van der Waals surface area contributed by atoms with Crippen molar-refractivity contribution in [2.24, 2.45) is 0 Å². The van der Waals surface area contributed by atoms with Gasteiger partial charge in [0.1, 0.15) is 0 Å². The van der Waals surface area contributed by atoms with Crippen molar-refractivity contribution in [1.29, 1.82) is 5.26 Å². The molecule has 5 heteroatoms. The van der Waals surface area contributed by atoms with E-state index in [-0.39, 0.29) is 17.6 Å². The van der Waals surface area contributed by atoms with E-state index in [4.69, 9.17) is 14.7 Å². The second-order valence-corrected chi connectivity index (χ2v) is 6.21. The third-order valence-electron chi connectivity index (χ3n) is 3.63. The average Bonchev–Trinajstić information content (AvgIpc) is 2.46. The first-order valence-electron chi connectivity index (χ1n) is 7.37. The summed E-state index contributed by atoms with van der Waals surface area (Å²) in [6, 6.07) is 9.20. The summed E-state index contributed by atoms with van der Waals surface area (Å²) in [5.41, 5.74) is 1.14. The molecule has 0 spiro atoms. The number of methoxy groups -OCH3 is 1. The van der Waals surface area contributed by atoms with Crippen molar-refractivity contribution in [2.75, 3.05) is 26.8 Å². The highest BCUT2D eigenvalue weighted by Gasteiger charge is 2.35. The standard InChI is InChI=1S/C17H22N2O3/c1-17(2)12-19(10-15(22-17)11-21-3)16(20)8-13-4-6-14(9-18)7-5-13/h4-7,15H,8,10-12H2,1-3H3/t15-/m1/s1. The van der Waals surface area contributed by atoms with E-state index in [1.165, 1.54) is 0 Å². The third kappa shape index (κ3) is 4.30. The van der Waals surface area contributed by atoms with E-state index in [2.05, 4.69) is 6.07 Å². The fourth-order valence-corrected chi connectivity index (χ4v) is 2.74. The Kier molecular flexibility index (Phi) is 5.17. The fraction of sp³-hybridized carbons (Fsp3) is 0.529. The molecule has 0 aromatic heterocycles. The highest BCUT2D eigenvalue weighted by molar-refractivity contribution is 5.79. The number of nitrogens with zero attached hydrogens (tertiary/aromatic N) is 2. The number of amides is 1. The van der Waals surface area contributed by atoms with Crippen molar-refractivity contribution in [3.63, 3.8) is 0 Å². The summed E-state index contributed by atoms with van der Waals surface area (Å²) in [5, 5.41) is 8.80. The maximum Gasteiger partial charge on any atom is 0.227 e. The number of nitriles is 1. The summed E-state index contributed by atoms with van der Waals surface area (Å²) in [7, 11) is 1.63. The Balaban J connectivity index is 2.02. The van der Waals surface area contributed by atoms with Crippen molar-refractivity contribution in [2.45, 2.75) is 32.0 Å². The summed E-state index contributed by atoms with van der Waals surface area (Å²) in [4.78, 5) is 14.4. The molecule has 1 fully saturated rings. The molecule has 118 valence electrons. The van der Waals surface area contributed by atoms with Crippen LogP contribution < -0.4 is 0 Å². The van der Waals surface area contributed by atoms with E-state index in [1.807, 2.05) is 30.9 Å². The molecule has 1 atom stereocenters. The lowest BCUT2D eigenvalue weighted by Gasteiger charge is -2.42. The minimum atomic E-state index is -0.373. The van der Waals surface area contributed by atoms with Crippen LogP contribution in [0.1, 0.15) is 25.0 Å². The molecule has 0 aliphatic carbocycles. The first kappa shape index (κ1) is 16.5. The van der Waals surface area contributed by atoms with E-state index in [9.17, 15) is 4.79 Å². The Morgan fingerprint density at radius 1 is 1.45 bits per heavy atom. The van der Waals surface area contributed by atoms with Crippen LogP contribution in [0.3, 0.4) is 0 Å². The maximum atomic E-state index is 12.5. The average molecular weight is 302 g/mol. The molecule has 1 aromatic carbocycles. The van der Waals surface area contributed by atoms with Crippen LogP contribution in [0.4, 0.5) is 0 Å². The van der Waals surface area contributed by atoms with Gasteiger partial charge in [-0.3, -0.25) is 4.79 Å². The highest BCUT2D eigenvalue weighted by Crippen LogP contribution is 2.22. The third-order valence-corrected chi connectivity index (χ3v) is 3.63. The van der Waals surface area contributed by atoms with E-state index in [0.29, 0.717) is 31.7 Å². The zero-order valence-electron chi connectivity index (χ0n) is 13.3. The first-order chi connectivity index (χ1) is 10.4. The van der Waals surface area contributed by atoms with E-state index in [1.54, 1.807) is 19.2 Å². The fourth-order valence-electron chi connectivity index (χ4n) is 2.74.